The van der Waals surface area contributed by atoms with Crippen molar-refractivity contribution in [3.05, 3.63) is 94.5 Å². The van der Waals surface area contributed by atoms with Crippen LogP contribution in [0.1, 0.15) is 69.4 Å². The largest absolute Gasteiger partial charge is 0.419 e. The van der Waals surface area contributed by atoms with E-state index < -0.39 is 18.0 Å². The van der Waals surface area contributed by atoms with Crippen LogP contribution in [0.2, 0.25) is 0 Å². The van der Waals surface area contributed by atoms with E-state index in [1.165, 1.54) is 12.1 Å². The molecule has 0 radical (unpaired) electrons. The first kappa shape index (κ1) is 25.8. The summed E-state index contributed by atoms with van der Waals surface area (Å²) in [6.07, 6.45) is 0.597. The number of hydrogen-bond donors (Lipinski definition) is 1. The molecule has 0 aliphatic heterocycles. The van der Waals surface area contributed by atoms with Gasteiger partial charge in [-0.25, -0.2) is 9.59 Å². The molecule has 0 spiro atoms. The lowest BCUT2D eigenvalue weighted by molar-refractivity contribution is 0.0682. The molecule has 6 heteroatoms. The number of ether oxygens (including phenoxy) is 2. The van der Waals surface area contributed by atoms with Crippen LogP contribution in [0.3, 0.4) is 0 Å². The number of Topliss-reactive ketones (excluding diaryl/α,β-unsaturated/α-hetero) is 1. The van der Waals surface area contributed by atoms with Crippen molar-refractivity contribution in [3.63, 3.8) is 0 Å². The first-order chi connectivity index (χ1) is 16.7. The third-order valence-corrected chi connectivity index (χ3v) is 5.47. The van der Waals surface area contributed by atoms with Gasteiger partial charge in [-0.1, -0.05) is 56.2 Å². The van der Waals surface area contributed by atoms with Gasteiger partial charge >= 0.3 is 11.9 Å². The molecule has 0 aliphatic rings. The molecule has 1 atom stereocenters. The van der Waals surface area contributed by atoms with Crippen LogP contribution in [0.25, 0.3) is 0 Å². The summed E-state index contributed by atoms with van der Waals surface area (Å²) < 4.78 is 11.2. The molecule has 0 heterocycles. The first-order valence-electron chi connectivity index (χ1n) is 11.7. The smallest absolute Gasteiger partial charge is 0.343 e. The lowest BCUT2D eigenvalue weighted by atomic mass is 10.0. The van der Waals surface area contributed by atoms with Gasteiger partial charge in [0.25, 0.3) is 0 Å². The van der Waals surface area contributed by atoms with Gasteiger partial charge in [-0.15, -0.1) is 0 Å². The molecule has 3 rings (SSSR count). The molecular weight excluding hydrogens is 442 g/mol. The van der Waals surface area contributed by atoms with E-state index in [2.05, 4.69) is 5.32 Å². The fourth-order valence-corrected chi connectivity index (χ4v) is 3.50. The van der Waals surface area contributed by atoms with E-state index in [4.69, 9.17) is 9.47 Å². The van der Waals surface area contributed by atoms with Gasteiger partial charge in [0.2, 0.25) is 0 Å². The van der Waals surface area contributed by atoms with Gasteiger partial charge in [0, 0.05) is 11.6 Å². The molecule has 0 amide bonds. The molecule has 0 bridgehead atoms. The number of esters is 2. The monoisotopic (exact) mass is 473 g/mol. The average Bonchev–Trinajstić information content (AvgIpc) is 2.83. The molecule has 0 saturated heterocycles. The number of aryl methyl sites for hydroxylation is 2. The fraction of sp³-hybridized carbons (Fsp3) is 0.276. The summed E-state index contributed by atoms with van der Waals surface area (Å²) in [6.45, 7) is 9.71. The van der Waals surface area contributed by atoms with Gasteiger partial charge < -0.3 is 14.8 Å². The first-order valence-corrected chi connectivity index (χ1v) is 11.7. The molecule has 0 aliphatic carbocycles. The number of hydrogen-bond acceptors (Lipinski definition) is 6. The average molecular weight is 474 g/mol. The minimum absolute atomic E-state index is 0.00119. The Morgan fingerprint density at radius 1 is 0.714 bits per heavy atom. The Labute approximate surface area is 206 Å². The Morgan fingerprint density at radius 3 is 1.63 bits per heavy atom. The van der Waals surface area contributed by atoms with Crippen molar-refractivity contribution in [1.29, 1.82) is 0 Å². The van der Waals surface area contributed by atoms with Crippen LogP contribution in [-0.4, -0.2) is 29.8 Å². The number of ketones is 1. The van der Waals surface area contributed by atoms with E-state index in [1.807, 2.05) is 46.8 Å². The predicted molar refractivity (Wildman–Crippen MR) is 135 cm³/mol. The number of carbonyl (C=O) groups is 3. The molecule has 1 unspecified atom stereocenters. The summed E-state index contributed by atoms with van der Waals surface area (Å²) in [7, 11) is 0. The maximum Gasteiger partial charge on any atom is 0.343 e. The van der Waals surface area contributed by atoms with E-state index >= 15 is 0 Å². The van der Waals surface area contributed by atoms with Crippen LogP contribution >= 0.6 is 0 Å². The SMILES string of the molecule is CCC(NC(C)C)C(=O)c1ccc(OC(=O)c2ccc(C)cc2)c(OC(=O)c2ccc(C)cc2)c1. The summed E-state index contributed by atoms with van der Waals surface area (Å²) in [5, 5.41) is 3.25. The Kier molecular flexibility index (Phi) is 8.55. The van der Waals surface area contributed by atoms with Crippen LogP contribution in [-0.2, 0) is 0 Å². The Hall–Kier alpha value is -3.77. The quantitative estimate of drug-likeness (QED) is 0.244. The summed E-state index contributed by atoms with van der Waals surface area (Å²) >= 11 is 0. The molecule has 0 saturated carbocycles. The maximum atomic E-state index is 13.1. The van der Waals surface area contributed by atoms with Crippen LogP contribution < -0.4 is 14.8 Å². The minimum atomic E-state index is -0.616. The number of benzene rings is 3. The van der Waals surface area contributed by atoms with Gasteiger partial charge in [-0.05, 0) is 62.7 Å². The zero-order chi connectivity index (χ0) is 25.5. The summed E-state index contributed by atoms with van der Waals surface area (Å²) in [5.41, 5.74) is 3.07. The lowest BCUT2D eigenvalue weighted by Gasteiger charge is -2.19. The van der Waals surface area contributed by atoms with Crippen LogP contribution in [0.4, 0.5) is 0 Å². The second-order valence-corrected chi connectivity index (χ2v) is 8.82. The Balaban J connectivity index is 1.94. The molecule has 35 heavy (non-hydrogen) atoms. The van der Waals surface area contributed by atoms with Crippen LogP contribution in [0.15, 0.2) is 66.7 Å². The molecule has 3 aromatic carbocycles. The minimum Gasteiger partial charge on any atom is -0.419 e. The van der Waals surface area contributed by atoms with Gasteiger partial charge in [-0.3, -0.25) is 4.79 Å². The van der Waals surface area contributed by atoms with Crippen molar-refractivity contribution >= 4 is 17.7 Å². The Bertz CT molecular complexity index is 1200. The number of nitrogens with one attached hydrogen (secondary N) is 1. The predicted octanol–water partition coefficient (Wildman–Crippen LogP) is 5.70. The second-order valence-electron chi connectivity index (χ2n) is 8.82. The highest BCUT2D eigenvalue weighted by molar-refractivity contribution is 6.01. The van der Waals surface area contributed by atoms with Crippen LogP contribution in [0.5, 0.6) is 11.5 Å². The van der Waals surface area contributed by atoms with Crippen molar-refractivity contribution in [1.82, 2.24) is 5.32 Å². The maximum absolute atomic E-state index is 13.1. The standard InChI is InChI=1S/C29H31NO5/c1-6-24(30-18(2)3)27(31)23-15-16-25(34-28(32)21-11-7-19(4)8-12-21)26(17-23)35-29(33)22-13-9-20(5)10-14-22/h7-18,24,30H,6H2,1-5H3. The van der Waals surface area contributed by atoms with Crippen molar-refractivity contribution in [2.24, 2.45) is 0 Å². The zero-order valence-electron chi connectivity index (χ0n) is 20.8. The van der Waals surface area contributed by atoms with Gasteiger partial charge in [0.05, 0.1) is 17.2 Å². The lowest BCUT2D eigenvalue weighted by Crippen LogP contribution is -2.40. The van der Waals surface area contributed by atoms with Crippen molar-refractivity contribution in [2.45, 2.75) is 53.1 Å². The van der Waals surface area contributed by atoms with E-state index in [-0.39, 0.29) is 23.3 Å². The summed E-state index contributed by atoms with van der Waals surface area (Å²) in [5.74, 6) is -1.29. The third kappa shape index (κ3) is 6.87. The van der Waals surface area contributed by atoms with E-state index in [9.17, 15) is 14.4 Å². The third-order valence-electron chi connectivity index (χ3n) is 5.47. The molecule has 1 N–H and O–H groups in total. The van der Waals surface area contributed by atoms with Crippen LogP contribution in [0, 0.1) is 13.8 Å². The van der Waals surface area contributed by atoms with Crippen molar-refractivity contribution < 1.29 is 23.9 Å². The van der Waals surface area contributed by atoms with Gasteiger partial charge in [-0.2, -0.15) is 0 Å². The normalized spacial score (nSPS) is 11.7. The molecule has 3 aromatic rings. The van der Waals surface area contributed by atoms with E-state index in [0.717, 1.165) is 11.1 Å². The fourth-order valence-electron chi connectivity index (χ4n) is 3.50. The van der Waals surface area contributed by atoms with E-state index in [1.54, 1.807) is 42.5 Å². The highest BCUT2D eigenvalue weighted by Crippen LogP contribution is 2.31. The highest BCUT2D eigenvalue weighted by Gasteiger charge is 2.23. The number of carbonyl (C=O) groups excluding carboxylic acids is 3. The molecule has 6 nitrogen and oxygen atoms in total. The summed E-state index contributed by atoms with van der Waals surface area (Å²) in [6, 6.07) is 18.1. The van der Waals surface area contributed by atoms with Crippen molar-refractivity contribution in [3.8, 4) is 11.5 Å². The summed E-state index contributed by atoms with van der Waals surface area (Å²) in [4.78, 5) is 38.7. The van der Waals surface area contributed by atoms with E-state index in [0.29, 0.717) is 23.1 Å². The zero-order valence-corrected chi connectivity index (χ0v) is 20.8. The molecular formula is C29H31NO5. The molecule has 0 aromatic heterocycles. The second kappa shape index (κ2) is 11.6. The van der Waals surface area contributed by atoms with Gasteiger partial charge in [0.15, 0.2) is 17.3 Å². The van der Waals surface area contributed by atoms with Crippen molar-refractivity contribution in [2.75, 3.05) is 0 Å². The van der Waals surface area contributed by atoms with Gasteiger partial charge in [0.1, 0.15) is 0 Å². The number of rotatable bonds is 9. The highest BCUT2D eigenvalue weighted by atomic mass is 16.6. The Morgan fingerprint density at radius 2 is 1.17 bits per heavy atom. The molecule has 182 valence electrons. The topological polar surface area (TPSA) is 81.7 Å². The molecule has 0 fully saturated rings.